The van der Waals surface area contributed by atoms with E-state index in [1.54, 1.807) is 0 Å². The van der Waals surface area contributed by atoms with Crippen LogP contribution in [0.3, 0.4) is 0 Å². The van der Waals surface area contributed by atoms with Gasteiger partial charge in [0.25, 0.3) is 5.91 Å². The molecule has 0 aliphatic heterocycles. The van der Waals surface area contributed by atoms with E-state index in [1.807, 2.05) is 62.6 Å². The molecule has 0 spiro atoms. The van der Waals surface area contributed by atoms with Crippen molar-refractivity contribution in [2.45, 2.75) is 44.9 Å². The maximum Gasteiger partial charge on any atom is 0.316 e. The van der Waals surface area contributed by atoms with Gasteiger partial charge in [0, 0.05) is 5.54 Å². The minimum absolute atomic E-state index is 0.0652. The lowest BCUT2D eigenvalue weighted by Crippen LogP contribution is -2.42. The fraction of sp³-hybridized carbons (Fsp3) is 0.444. The number of nitrogens with zero attached hydrogens (tertiary/aromatic N) is 3. The first-order chi connectivity index (χ1) is 12.2. The fourth-order valence-corrected chi connectivity index (χ4v) is 2.96. The van der Waals surface area contributed by atoms with Crippen LogP contribution in [-0.2, 0) is 20.9 Å². The summed E-state index contributed by atoms with van der Waals surface area (Å²) in [4.78, 5) is 23.6. The molecular formula is C18H24N4O3S. The molecule has 1 heterocycles. The first-order valence-electron chi connectivity index (χ1n) is 8.28. The van der Waals surface area contributed by atoms with Gasteiger partial charge in [-0.1, -0.05) is 42.1 Å². The van der Waals surface area contributed by atoms with E-state index >= 15 is 0 Å². The lowest BCUT2D eigenvalue weighted by Gasteiger charge is -2.20. The summed E-state index contributed by atoms with van der Waals surface area (Å²) in [6.07, 6.45) is 0. The Morgan fingerprint density at radius 1 is 1.19 bits per heavy atom. The van der Waals surface area contributed by atoms with Crippen LogP contribution in [0.4, 0.5) is 0 Å². The van der Waals surface area contributed by atoms with Crippen LogP contribution in [0.15, 0.2) is 35.5 Å². The molecule has 2 rings (SSSR count). The second-order valence-corrected chi connectivity index (χ2v) is 7.79. The molecule has 1 aromatic carbocycles. The van der Waals surface area contributed by atoms with Gasteiger partial charge in [0.05, 0.1) is 12.3 Å². The number of carbonyl (C=O) groups is 2. The second kappa shape index (κ2) is 8.84. The third-order valence-corrected chi connectivity index (χ3v) is 4.22. The van der Waals surface area contributed by atoms with Crippen LogP contribution in [0.1, 0.15) is 32.2 Å². The number of nitrogens with one attached hydrogen (secondary N) is 1. The summed E-state index contributed by atoms with van der Waals surface area (Å²) < 4.78 is 6.95. The molecule has 26 heavy (non-hydrogen) atoms. The Morgan fingerprint density at radius 2 is 1.88 bits per heavy atom. The van der Waals surface area contributed by atoms with Gasteiger partial charge in [-0.05, 0) is 33.3 Å². The Morgan fingerprint density at radius 3 is 2.54 bits per heavy atom. The first kappa shape index (κ1) is 20.0. The summed E-state index contributed by atoms with van der Waals surface area (Å²) in [5, 5.41) is 11.6. The Balaban J connectivity index is 1.86. The molecule has 0 saturated heterocycles. The maximum absolute atomic E-state index is 11.9. The number of thioether (sulfide) groups is 1. The molecule has 0 fully saturated rings. The van der Waals surface area contributed by atoms with Gasteiger partial charge in [-0.2, -0.15) is 0 Å². The van der Waals surface area contributed by atoms with Crippen LogP contribution in [-0.4, -0.2) is 44.5 Å². The number of aryl methyl sites for hydroxylation is 1. The summed E-state index contributed by atoms with van der Waals surface area (Å²) in [6.45, 7) is 7.81. The number of hydrogen-bond acceptors (Lipinski definition) is 6. The molecule has 2 aromatic rings. The van der Waals surface area contributed by atoms with E-state index in [1.165, 1.54) is 11.8 Å². The van der Waals surface area contributed by atoms with E-state index in [0.29, 0.717) is 11.7 Å². The van der Waals surface area contributed by atoms with Crippen molar-refractivity contribution in [2.24, 2.45) is 0 Å². The molecule has 0 radical (unpaired) electrons. The van der Waals surface area contributed by atoms with Crippen molar-refractivity contribution in [1.29, 1.82) is 0 Å². The van der Waals surface area contributed by atoms with Gasteiger partial charge in [-0.3, -0.25) is 9.59 Å². The molecule has 1 amide bonds. The Bertz CT molecular complexity index is 754. The third-order valence-electron chi connectivity index (χ3n) is 3.28. The normalized spacial score (nSPS) is 11.2. The molecular weight excluding hydrogens is 352 g/mol. The molecule has 1 aromatic heterocycles. The zero-order chi connectivity index (χ0) is 19.2. The number of carbonyl (C=O) groups excluding carboxylic acids is 2. The van der Waals surface area contributed by atoms with Gasteiger partial charge in [0.1, 0.15) is 5.82 Å². The second-order valence-electron chi connectivity index (χ2n) is 6.85. The molecule has 140 valence electrons. The molecule has 1 N–H and O–H groups in total. The highest BCUT2D eigenvalue weighted by molar-refractivity contribution is 7.99. The van der Waals surface area contributed by atoms with Gasteiger partial charge < -0.3 is 14.6 Å². The highest BCUT2D eigenvalue weighted by Crippen LogP contribution is 2.18. The molecule has 0 aliphatic carbocycles. The Labute approximate surface area is 157 Å². The van der Waals surface area contributed by atoms with Gasteiger partial charge in [0.15, 0.2) is 11.8 Å². The number of rotatable bonds is 7. The van der Waals surface area contributed by atoms with Crippen molar-refractivity contribution >= 4 is 23.6 Å². The highest BCUT2D eigenvalue weighted by Gasteiger charge is 2.16. The van der Waals surface area contributed by atoms with Crippen LogP contribution in [0.5, 0.6) is 0 Å². The smallest absolute Gasteiger partial charge is 0.316 e. The number of ether oxygens (including phenoxy) is 1. The van der Waals surface area contributed by atoms with Crippen molar-refractivity contribution in [2.75, 3.05) is 12.4 Å². The maximum atomic E-state index is 11.9. The van der Waals surface area contributed by atoms with Gasteiger partial charge in [-0.25, -0.2) is 0 Å². The number of benzene rings is 1. The lowest BCUT2D eigenvalue weighted by molar-refractivity contribution is -0.146. The summed E-state index contributed by atoms with van der Waals surface area (Å²) in [5.41, 5.74) is 0.766. The Hall–Kier alpha value is -2.35. The van der Waals surface area contributed by atoms with Crippen LogP contribution in [0.2, 0.25) is 0 Å². The number of amides is 1. The molecule has 7 nitrogen and oxygen atoms in total. The number of esters is 1. The highest BCUT2D eigenvalue weighted by atomic mass is 32.2. The SMILES string of the molecule is Cc1nnc(SCC(=O)OCC(=O)NC(C)(C)C)n1Cc1ccccc1. The van der Waals surface area contributed by atoms with E-state index in [-0.39, 0.29) is 23.8 Å². The molecule has 0 aliphatic rings. The number of aromatic nitrogens is 3. The average Bonchev–Trinajstić information content (AvgIpc) is 2.91. The van der Waals surface area contributed by atoms with Crippen LogP contribution in [0, 0.1) is 6.92 Å². The fourth-order valence-electron chi connectivity index (χ4n) is 2.18. The Kier molecular flexibility index (Phi) is 6.79. The summed E-state index contributed by atoms with van der Waals surface area (Å²) >= 11 is 1.24. The molecule has 0 saturated carbocycles. The van der Waals surface area contributed by atoms with Crippen molar-refractivity contribution in [3.8, 4) is 0 Å². The lowest BCUT2D eigenvalue weighted by atomic mass is 10.1. The van der Waals surface area contributed by atoms with Crippen molar-refractivity contribution in [3.05, 3.63) is 41.7 Å². The molecule has 8 heteroatoms. The van der Waals surface area contributed by atoms with E-state index in [9.17, 15) is 9.59 Å². The monoisotopic (exact) mass is 376 g/mol. The van der Waals surface area contributed by atoms with Gasteiger partial charge in [0.2, 0.25) is 0 Å². The molecule has 0 bridgehead atoms. The molecule has 0 atom stereocenters. The number of hydrogen-bond donors (Lipinski definition) is 1. The van der Waals surface area contributed by atoms with Crippen LogP contribution >= 0.6 is 11.8 Å². The summed E-state index contributed by atoms with van der Waals surface area (Å²) in [7, 11) is 0. The van der Waals surface area contributed by atoms with E-state index in [2.05, 4.69) is 15.5 Å². The van der Waals surface area contributed by atoms with E-state index < -0.39 is 5.97 Å². The zero-order valence-corrected chi connectivity index (χ0v) is 16.3. The van der Waals surface area contributed by atoms with Gasteiger partial charge >= 0.3 is 5.97 Å². The van der Waals surface area contributed by atoms with E-state index in [0.717, 1.165) is 11.4 Å². The van der Waals surface area contributed by atoms with Crippen molar-refractivity contribution in [3.63, 3.8) is 0 Å². The van der Waals surface area contributed by atoms with Crippen LogP contribution < -0.4 is 5.32 Å². The first-order valence-corrected chi connectivity index (χ1v) is 9.26. The van der Waals surface area contributed by atoms with Crippen molar-refractivity contribution < 1.29 is 14.3 Å². The zero-order valence-electron chi connectivity index (χ0n) is 15.5. The van der Waals surface area contributed by atoms with Gasteiger partial charge in [-0.15, -0.1) is 10.2 Å². The standard InChI is InChI=1S/C18H24N4O3S/c1-13-20-21-17(22(13)10-14-8-6-5-7-9-14)26-12-16(24)25-11-15(23)19-18(2,3)4/h5-9H,10-12H2,1-4H3,(H,19,23). The predicted molar refractivity (Wildman–Crippen MR) is 99.9 cm³/mol. The topological polar surface area (TPSA) is 86.1 Å². The minimum atomic E-state index is -0.467. The molecule has 0 unspecified atom stereocenters. The average molecular weight is 376 g/mol. The summed E-state index contributed by atoms with van der Waals surface area (Å²) in [5.74, 6) is 0.0506. The predicted octanol–water partition coefficient (Wildman–Crippen LogP) is 2.18. The quantitative estimate of drug-likeness (QED) is 0.589. The summed E-state index contributed by atoms with van der Waals surface area (Å²) in [6, 6.07) is 9.96. The van der Waals surface area contributed by atoms with Crippen LogP contribution in [0.25, 0.3) is 0 Å². The largest absolute Gasteiger partial charge is 0.455 e. The minimum Gasteiger partial charge on any atom is -0.455 e. The van der Waals surface area contributed by atoms with Crippen molar-refractivity contribution in [1.82, 2.24) is 20.1 Å². The third kappa shape index (κ3) is 6.51. The van der Waals surface area contributed by atoms with E-state index in [4.69, 9.17) is 4.74 Å².